The number of anilines is 2. The summed E-state index contributed by atoms with van der Waals surface area (Å²) in [5.74, 6) is 1.69. The van der Waals surface area contributed by atoms with Crippen LogP contribution in [0, 0.1) is 0 Å². The highest BCUT2D eigenvalue weighted by Gasteiger charge is 2.25. The van der Waals surface area contributed by atoms with Crippen LogP contribution < -0.4 is 10.6 Å². The Morgan fingerprint density at radius 2 is 1.89 bits per heavy atom. The molecule has 0 saturated carbocycles. The Morgan fingerprint density at radius 3 is 2.47 bits per heavy atom. The van der Waals surface area contributed by atoms with E-state index in [0.717, 1.165) is 36.5 Å². The van der Waals surface area contributed by atoms with Crippen molar-refractivity contribution < 1.29 is 0 Å². The maximum Gasteiger partial charge on any atom is 0.180 e. The van der Waals surface area contributed by atoms with Crippen LogP contribution in [0.1, 0.15) is 40.0 Å². The number of fused-ring (bicyclic) bond motifs is 1. The summed E-state index contributed by atoms with van der Waals surface area (Å²) in [6.45, 7) is 6.64. The van der Waals surface area contributed by atoms with Crippen molar-refractivity contribution in [2.45, 2.75) is 45.6 Å². The molecule has 0 atom stereocenters. The van der Waals surface area contributed by atoms with E-state index in [0.29, 0.717) is 0 Å². The standard InChI is InChI=1S/C14H23N5/c1-5-14(6-2,7-3)18-12-13-16-8-9-19(13)10-11(15-4)17-12/h8-10,15H,5-7H2,1-4H3,(H,17,18). The maximum atomic E-state index is 4.61. The van der Waals surface area contributed by atoms with Crippen molar-refractivity contribution in [1.82, 2.24) is 14.4 Å². The number of imidazole rings is 1. The van der Waals surface area contributed by atoms with Gasteiger partial charge in [0.15, 0.2) is 11.5 Å². The highest BCUT2D eigenvalue weighted by Crippen LogP contribution is 2.27. The third kappa shape index (κ3) is 2.50. The van der Waals surface area contributed by atoms with Crippen LogP contribution in [0.2, 0.25) is 0 Å². The highest BCUT2D eigenvalue weighted by atomic mass is 15.2. The topological polar surface area (TPSA) is 54.2 Å². The molecule has 104 valence electrons. The monoisotopic (exact) mass is 261 g/mol. The molecule has 2 aromatic heterocycles. The molecule has 0 amide bonds. The van der Waals surface area contributed by atoms with Gasteiger partial charge < -0.3 is 15.0 Å². The zero-order valence-corrected chi connectivity index (χ0v) is 12.2. The number of hydrogen-bond donors (Lipinski definition) is 2. The first-order valence-corrected chi connectivity index (χ1v) is 6.97. The summed E-state index contributed by atoms with van der Waals surface area (Å²) in [4.78, 5) is 9.01. The van der Waals surface area contributed by atoms with E-state index in [4.69, 9.17) is 0 Å². The molecule has 19 heavy (non-hydrogen) atoms. The summed E-state index contributed by atoms with van der Waals surface area (Å²) in [6, 6.07) is 0. The predicted molar refractivity (Wildman–Crippen MR) is 79.8 cm³/mol. The van der Waals surface area contributed by atoms with Gasteiger partial charge in [-0.15, -0.1) is 0 Å². The third-order valence-electron chi connectivity index (χ3n) is 4.04. The van der Waals surface area contributed by atoms with E-state index in [2.05, 4.69) is 41.4 Å². The second-order valence-electron chi connectivity index (χ2n) is 4.85. The quantitative estimate of drug-likeness (QED) is 0.838. The van der Waals surface area contributed by atoms with E-state index in [1.165, 1.54) is 0 Å². The molecule has 0 aliphatic rings. The minimum Gasteiger partial charge on any atom is -0.372 e. The lowest BCUT2D eigenvalue weighted by Crippen LogP contribution is -2.36. The zero-order valence-electron chi connectivity index (χ0n) is 12.2. The molecule has 0 bridgehead atoms. The van der Waals surface area contributed by atoms with Gasteiger partial charge in [0.05, 0.1) is 6.20 Å². The summed E-state index contributed by atoms with van der Waals surface area (Å²) in [6.07, 6.45) is 8.88. The Morgan fingerprint density at radius 1 is 1.21 bits per heavy atom. The summed E-state index contributed by atoms with van der Waals surface area (Å²) in [7, 11) is 1.88. The molecule has 0 radical (unpaired) electrons. The fourth-order valence-corrected chi connectivity index (χ4v) is 2.40. The van der Waals surface area contributed by atoms with Crippen molar-refractivity contribution in [2.75, 3.05) is 17.7 Å². The van der Waals surface area contributed by atoms with Crippen molar-refractivity contribution in [2.24, 2.45) is 0 Å². The number of rotatable bonds is 6. The molecule has 2 heterocycles. The van der Waals surface area contributed by atoms with E-state index >= 15 is 0 Å². The first-order valence-electron chi connectivity index (χ1n) is 6.97. The van der Waals surface area contributed by atoms with Crippen LogP contribution in [-0.4, -0.2) is 27.0 Å². The lowest BCUT2D eigenvalue weighted by molar-refractivity contribution is 0.419. The van der Waals surface area contributed by atoms with Crippen LogP contribution in [-0.2, 0) is 0 Å². The number of nitrogens with one attached hydrogen (secondary N) is 2. The zero-order chi connectivity index (χ0) is 13.9. The molecular weight excluding hydrogens is 238 g/mol. The van der Waals surface area contributed by atoms with E-state index in [-0.39, 0.29) is 5.54 Å². The smallest absolute Gasteiger partial charge is 0.180 e. The van der Waals surface area contributed by atoms with Crippen molar-refractivity contribution in [3.05, 3.63) is 18.6 Å². The number of nitrogens with zero attached hydrogens (tertiary/aromatic N) is 3. The van der Waals surface area contributed by atoms with Gasteiger partial charge in [-0.2, -0.15) is 0 Å². The maximum absolute atomic E-state index is 4.61. The Bertz CT molecular complexity index is 533. The third-order valence-corrected chi connectivity index (χ3v) is 4.04. The summed E-state index contributed by atoms with van der Waals surface area (Å²) in [5, 5.41) is 6.70. The second-order valence-corrected chi connectivity index (χ2v) is 4.85. The first-order chi connectivity index (χ1) is 9.18. The van der Waals surface area contributed by atoms with Gasteiger partial charge in [0.25, 0.3) is 0 Å². The molecular formula is C14H23N5. The fraction of sp³-hybridized carbons (Fsp3) is 0.571. The van der Waals surface area contributed by atoms with Crippen LogP contribution >= 0.6 is 0 Å². The van der Waals surface area contributed by atoms with Crippen LogP contribution in [0.15, 0.2) is 18.6 Å². The van der Waals surface area contributed by atoms with Crippen LogP contribution in [0.25, 0.3) is 5.65 Å². The average Bonchev–Trinajstić information content (AvgIpc) is 2.93. The minimum atomic E-state index is 0.0891. The van der Waals surface area contributed by atoms with Crippen molar-refractivity contribution >= 4 is 17.3 Å². The number of hydrogen-bond acceptors (Lipinski definition) is 4. The summed E-state index contributed by atoms with van der Waals surface area (Å²) < 4.78 is 1.99. The van der Waals surface area contributed by atoms with Gasteiger partial charge in [0, 0.05) is 25.0 Å². The number of aromatic nitrogens is 3. The minimum absolute atomic E-state index is 0.0891. The molecule has 0 aliphatic carbocycles. The Kier molecular flexibility index (Phi) is 3.93. The van der Waals surface area contributed by atoms with E-state index in [9.17, 15) is 0 Å². The van der Waals surface area contributed by atoms with Crippen LogP contribution in [0.4, 0.5) is 11.6 Å². The van der Waals surface area contributed by atoms with Gasteiger partial charge in [-0.05, 0) is 19.3 Å². The van der Waals surface area contributed by atoms with Crippen LogP contribution in [0.5, 0.6) is 0 Å². The molecule has 2 aromatic rings. The summed E-state index contributed by atoms with van der Waals surface area (Å²) in [5.41, 5.74) is 0.963. The Labute approximate surface area is 114 Å². The van der Waals surface area contributed by atoms with Gasteiger partial charge in [0.1, 0.15) is 5.82 Å². The molecule has 0 unspecified atom stereocenters. The summed E-state index contributed by atoms with van der Waals surface area (Å²) >= 11 is 0. The molecule has 2 N–H and O–H groups in total. The normalized spacial score (nSPS) is 11.8. The molecule has 2 rings (SSSR count). The van der Waals surface area contributed by atoms with Gasteiger partial charge in [-0.3, -0.25) is 0 Å². The lowest BCUT2D eigenvalue weighted by Gasteiger charge is -2.32. The molecule has 0 aliphatic heterocycles. The molecule has 0 saturated heterocycles. The van der Waals surface area contributed by atoms with Crippen molar-refractivity contribution in [3.8, 4) is 0 Å². The van der Waals surface area contributed by atoms with Gasteiger partial charge in [-0.25, -0.2) is 9.97 Å². The molecule has 0 spiro atoms. The highest BCUT2D eigenvalue weighted by molar-refractivity contribution is 5.66. The predicted octanol–water partition coefficient (Wildman–Crippen LogP) is 3.15. The van der Waals surface area contributed by atoms with Crippen LogP contribution in [0.3, 0.4) is 0 Å². The molecule has 0 aromatic carbocycles. The Balaban J connectivity index is 2.46. The van der Waals surface area contributed by atoms with Gasteiger partial charge in [0.2, 0.25) is 0 Å². The second kappa shape index (κ2) is 5.47. The van der Waals surface area contributed by atoms with E-state index in [1.807, 2.05) is 23.8 Å². The van der Waals surface area contributed by atoms with Gasteiger partial charge in [-0.1, -0.05) is 20.8 Å². The Hall–Kier alpha value is -1.78. The molecule has 0 fully saturated rings. The van der Waals surface area contributed by atoms with Gasteiger partial charge >= 0.3 is 0 Å². The molecule has 5 heteroatoms. The van der Waals surface area contributed by atoms with Crippen molar-refractivity contribution in [3.63, 3.8) is 0 Å². The average molecular weight is 261 g/mol. The SMILES string of the molecule is CCC(CC)(CC)Nc1nc(NC)cn2ccnc12. The largest absolute Gasteiger partial charge is 0.372 e. The fourth-order valence-electron chi connectivity index (χ4n) is 2.40. The van der Waals surface area contributed by atoms with E-state index in [1.54, 1.807) is 6.20 Å². The first kappa shape index (κ1) is 13.6. The van der Waals surface area contributed by atoms with Crippen molar-refractivity contribution in [1.29, 1.82) is 0 Å². The van der Waals surface area contributed by atoms with E-state index < -0.39 is 0 Å². The molecule has 5 nitrogen and oxygen atoms in total. The lowest BCUT2D eigenvalue weighted by atomic mass is 9.90.